The predicted molar refractivity (Wildman–Crippen MR) is 104 cm³/mol. The zero-order valence-electron chi connectivity index (χ0n) is 13.3. The van der Waals surface area contributed by atoms with Crippen molar-refractivity contribution in [1.29, 1.82) is 0 Å². The highest BCUT2D eigenvalue weighted by Gasteiger charge is 2.25. The standard InChI is InChI=1S/C16H25N3OS.2ClH/c17-7-4-8-18-15(13-14-5-2-1-3-6-14)16(20)19-9-11-21-12-10-19;;/h1-3,5-6,15,18H,4,7-13,17H2;2*1H/t15-;;/m0../s1. The zero-order valence-corrected chi connectivity index (χ0v) is 15.7. The van der Waals surface area contributed by atoms with Gasteiger partial charge in [-0.15, -0.1) is 24.8 Å². The number of nitrogens with two attached hydrogens (primary N) is 1. The summed E-state index contributed by atoms with van der Waals surface area (Å²) in [6.07, 6.45) is 1.64. The number of benzene rings is 1. The number of amides is 1. The van der Waals surface area contributed by atoms with Gasteiger partial charge in [0.2, 0.25) is 5.91 Å². The van der Waals surface area contributed by atoms with Crippen LogP contribution in [0, 0.1) is 0 Å². The van der Waals surface area contributed by atoms with Crippen LogP contribution in [0.2, 0.25) is 0 Å². The van der Waals surface area contributed by atoms with E-state index in [-0.39, 0.29) is 36.8 Å². The first kappa shape index (κ1) is 22.5. The second-order valence-corrected chi connectivity index (χ2v) is 6.50. The van der Waals surface area contributed by atoms with Crippen LogP contribution in [-0.2, 0) is 11.2 Å². The van der Waals surface area contributed by atoms with Crippen LogP contribution in [0.4, 0.5) is 0 Å². The van der Waals surface area contributed by atoms with E-state index in [1.54, 1.807) is 0 Å². The Morgan fingerprint density at radius 1 is 1.22 bits per heavy atom. The fourth-order valence-electron chi connectivity index (χ4n) is 2.48. The van der Waals surface area contributed by atoms with Gasteiger partial charge < -0.3 is 16.0 Å². The van der Waals surface area contributed by atoms with Gasteiger partial charge in [0.1, 0.15) is 0 Å². The molecule has 1 fully saturated rings. The molecule has 2 rings (SSSR count). The van der Waals surface area contributed by atoms with Gasteiger partial charge in [0, 0.05) is 24.6 Å². The Labute approximate surface area is 155 Å². The van der Waals surface area contributed by atoms with E-state index in [1.165, 1.54) is 5.56 Å². The van der Waals surface area contributed by atoms with Crippen LogP contribution in [0.1, 0.15) is 12.0 Å². The minimum Gasteiger partial charge on any atom is -0.340 e. The van der Waals surface area contributed by atoms with E-state index in [2.05, 4.69) is 17.4 Å². The predicted octanol–water partition coefficient (Wildman–Crippen LogP) is 1.96. The summed E-state index contributed by atoms with van der Waals surface area (Å²) in [5.41, 5.74) is 6.74. The van der Waals surface area contributed by atoms with Crippen molar-refractivity contribution in [3.63, 3.8) is 0 Å². The second kappa shape index (κ2) is 12.9. The number of rotatable bonds is 7. The lowest BCUT2D eigenvalue weighted by Crippen LogP contribution is -2.50. The molecule has 23 heavy (non-hydrogen) atoms. The Morgan fingerprint density at radius 2 is 1.87 bits per heavy atom. The summed E-state index contributed by atoms with van der Waals surface area (Å²) < 4.78 is 0. The summed E-state index contributed by atoms with van der Waals surface area (Å²) in [6.45, 7) is 3.18. The van der Waals surface area contributed by atoms with Crippen molar-refractivity contribution in [3.05, 3.63) is 35.9 Å². The van der Waals surface area contributed by atoms with E-state index in [9.17, 15) is 4.79 Å². The monoisotopic (exact) mass is 379 g/mol. The first-order valence-electron chi connectivity index (χ1n) is 7.65. The maximum atomic E-state index is 12.7. The summed E-state index contributed by atoms with van der Waals surface area (Å²) in [5.74, 6) is 2.33. The van der Waals surface area contributed by atoms with Gasteiger partial charge in [-0.05, 0) is 31.5 Å². The van der Waals surface area contributed by atoms with Gasteiger partial charge in [0.05, 0.1) is 6.04 Å². The Hall–Kier alpha value is -0.460. The minimum absolute atomic E-state index is 0. The third-order valence-electron chi connectivity index (χ3n) is 3.68. The Balaban J connectivity index is 0.00000242. The molecule has 1 aliphatic rings. The molecule has 0 bridgehead atoms. The first-order chi connectivity index (χ1) is 10.3. The van der Waals surface area contributed by atoms with Crippen LogP contribution in [0.15, 0.2) is 30.3 Å². The average Bonchev–Trinajstić information content (AvgIpc) is 2.55. The Morgan fingerprint density at radius 3 is 2.48 bits per heavy atom. The van der Waals surface area contributed by atoms with E-state index in [1.807, 2.05) is 34.9 Å². The lowest BCUT2D eigenvalue weighted by atomic mass is 10.0. The summed E-state index contributed by atoms with van der Waals surface area (Å²) >= 11 is 1.92. The summed E-state index contributed by atoms with van der Waals surface area (Å²) in [4.78, 5) is 14.7. The summed E-state index contributed by atoms with van der Waals surface area (Å²) in [6, 6.07) is 10.1. The number of hydrogen-bond donors (Lipinski definition) is 2. The lowest BCUT2D eigenvalue weighted by Gasteiger charge is -2.30. The minimum atomic E-state index is -0.137. The van der Waals surface area contributed by atoms with Crippen molar-refractivity contribution in [1.82, 2.24) is 10.2 Å². The molecular weight excluding hydrogens is 353 g/mol. The molecule has 0 spiro atoms. The Kier molecular flexibility index (Phi) is 12.6. The zero-order chi connectivity index (χ0) is 14.9. The highest BCUT2D eigenvalue weighted by atomic mass is 35.5. The normalized spacial score (nSPS) is 15.3. The molecule has 1 aromatic rings. The fourth-order valence-corrected chi connectivity index (χ4v) is 3.38. The van der Waals surface area contributed by atoms with Crippen LogP contribution < -0.4 is 11.1 Å². The molecule has 4 nitrogen and oxygen atoms in total. The van der Waals surface area contributed by atoms with E-state index in [4.69, 9.17) is 5.73 Å². The van der Waals surface area contributed by atoms with E-state index in [0.29, 0.717) is 6.54 Å². The molecule has 1 atom stereocenters. The number of nitrogens with zero attached hydrogens (tertiary/aromatic N) is 1. The third-order valence-corrected chi connectivity index (χ3v) is 4.62. The van der Waals surface area contributed by atoms with E-state index >= 15 is 0 Å². The topological polar surface area (TPSA) is 58.4 Å². The molecule has 1 heterocycles. The van der Waals surface area contributed by atoms with Crippen LogP contribution in [0.5, 0.6) is 0 Å². The van der Waals surface area contributed by atoms with Crippen molar-refractivity contribution < 1.29 is 4.79 Å². The number of carbonyl (C=O) groups excluding carboxylic acids is 1. The largest absolute Gasteiger partial charge is 0.340 e. The van der Waals surface area contributed by atoms with Gasteiger partial charge in [-0.2, -0.15) is 11.8 Å². The second-order valence-electron chi connectivity index (χ2n) is 5.28. The van der Waals surface area contributed by atoms with Crippen molar-refractivity contribution in [3.8, 4) is 0 Å². The van der Waals surface area contributed by atoms with Gasteiger partial charge in [0.15, 0.2) is 0 Å². The molecular formula is C16H27Cl2N3OS. The van der Waals surface area contributed by atoms with Crippen LogP contribution in [0.25, 0.3) is 0 Å². The van der Waals surface area contributed by atoms with Crippen molar-refractivity contribution in [2.24, 2.45) is 5.73 Å². The number of carbonyl (C=O) groups is 1. The molecule has 132 valence electrons. The highest BCUT2D eigenvalue weighted by molar-refractivity contribution is 7.99. The molecule has 1 aliphatic heterocycles. The van der Waals surface area contributed by atoms with Crippen molar-refractivity contribution >= 4 is 42.5 Å². The number of nitrogens with one attached hydrogen (secondary N) is 1. The summed E-state index contributed by atoms with van der Waals surface area (Å²) in [7, 11) is 0. The van der Waals surface area contributed by atoms with Crippen LogP contribution >= 0.6 is 36.6 Å². The van der Waals surface area contributed by atoms with Crippen molar-refractivity contribution in [2.75, 3.05) is 37.7 Å². The van der Waals surface area contributed by atoms with Gasteiger partial charge in [-0.1, -0.05) is 30.3 Å². The quantitative estimate of drug-likeness (QED) is 0.710. The molecule has 1 saturated heterocycles. The van der Waals surface area contributed by atoms with Gasteiger partial charge in [-0.3, -0.25) is 4.79 Å². The molecule has 0 saturated carbocycles. The molecule has 1 amide bonds. The van der Waals surface area contributed by atoms with E-state index < -0.39 is 0 Å². The van der Waals surface area contributed by atoms with Crippen LogP contribution in [0.3, 0.4) is 0 Å². The summed E-state index contributed by atoms with van der Waals surface area (Å²) in [5, 5.41) is 3.39. The van der Waals surface area contributed by atoms with Crippen LogP contribution in [-0.4, -0.2) is 54.5 Å². The van der Waals surface area contributed by atoms with E-state index in [0.717, 1.165) is 44.0 Å². The first-order valence-corrected chi connectivity index (χ1v) is 8.80. The number of thioether (sulfide) groups is 1. The maximum absolute atomic E-state index is 12.7. The van der Waals surface area contributed by atoms with Gasteiger partial charge in [-0.25, -0.2) is 0 Å². The smallest absolute Gasteiger partial charge is 0.240 e. The lowest BCUT2D eigenvalue weighted by molar-refractivity contribution is -0.133. The Bertz CT molecular complexity index is 431. The molecule has 0 aromatic heterocycles. The molecule has 0 aliphatic carbocycles. The molecule has 7 heteroatoms. The highest BCUT2D eigenvalue weighted by Crippen LogP contribution is 2.12. The SMILES string of the molecule is Cl.Cl.NCCCN[C@@H](Cc1ccccc1)C(=O)N1CCSCC1. The molecule has 3 N–H and O–H groups in total. The molecule has 0 unspecified atom stereocenters. The number of hydrogen-bond acceptors (Lipinski definition) is 4. The maximum Gasteiger partial charge on any atom is 0.240 e. The average molecular weight is 380 g/mol. The fraction of sp³-hybridized carbons (Fsp3) is 0.562. The number of halogens is 2. The third kappa shape index (κ3) is 7.77. The van der Waals surface area contributed by atoms with Gasteiger partial charge >= 0.3 is 0 Å². The van der Waals surface area contributed by atoms with Crippen molar-refractivity contribution in [2.45, 2.75) is 18.9 Å². The molecule has 0 radical (unpaired) electrons. The van der Waals surface area contributed by atoms with Gasteiger partial charge in [0.25, 0.3) is 0 Å². The molecule has 1 aromatic carbocycles.